The van der Waals surface area contributed by atoms with Crippen molar-refractivity contribution in [3.63, 3.8) is 0 Å². The van der Waals surface area contributed by atoms with Gasteiger partial charge in [0.2, 0.25) is 0 Å². The number of rotatable bonds is 4. The highest BCUT2D eigenvalue weighted by molar-refractivity contribution is 6.74. The van der Waals surface area contributed by atoms with E-state index in [1.54, 1.807) is 0 Å². The molecule has 2 aromatic carbocycles. The van der Waals surface area contributed by atoms with Crippen LogP contribution in [-0.2, 0) is 10.0 Å². The van der Waals surface area contributed by atoms with Gasteiger partial charge >= 0.3 is 0 Å². The summed E-state index contributed by atoms with van der Waals surface area (Å²) in [5.41, 5.74) is 3.60. The van der Waals surface area contributed by atoms with Crippen molar-refractivity contribution in [3.8, 4) is 0 Å². The number of aryl methyl sites for hydroxylation is 1. The summed E-state index contributed by atoms with van der Waals surface area (Å²) in [4.78, 5) is 3.43. The molecule has 3 atom stereocenters. The highest BCUT2D eigenvalue weighted by atomic mass is 28.4. The van der Waals surface area contributed by atoms with Crippen LogP contribution in [0.15, 0.2) is 54.7 Å². The molecule has 160 valence electrons. The lowest BCUT2D eigenvalue weighted by Gasteiger charge is -2.44. The van der Waals surface area contributed by atoms with Gasteiger partial charge in [-0.15, -0.1) is 0 Å². The molecule has 1 aliphatic carbocycles. The van der Waals surface area contributed by atoms with Crippen LogP contribution in [0.1, 0.15) is 56.2 Å². The Morgan fingerprint density at radius 3 is 2.40 bits per heavy atom. The fourth-order valence-corrected chi connectivity index (χ4v) is 5.89. The average molecular weight is 422 g/mol. The average Bonchev–Trinajstić information content (AvgIpc) is 3.23. The molecule has 1 fully saturated rings. The van der Waals surface area contributed by atoms with Crippen LogP contribution in [0, 0.1) is 6.92 Å². The first-order valence-corrected chi connectivity index (χ1v) is 14.0. The Morgan fingerprint density at radius 1 is 1.07 bits per heavy atom. The minimum Gasteiger partial charge on any atom is -0.410 e. The van der Waals surface area contributed by atoms with E-state index in [1.165, 1.54) is 16.5 Å². The van der Waals surface area contributed by atoms with E-state index in [2.05, 4.69) is 101 Å². The number of hydrogen-bond acceptors (Lipinski definition) is 2. The smallest absolute Gasteiger partial charge is 0.192 e. The molecule has 1 heterocycles. The van der Waals surface area contributed by atoms with E-state index in [-0.39, 0.29) is 17.1 Å². The second-order valence-corrected chi connectivity index (χ2v) is 15.3. The lowest BCUT2D eigenvalue weighted by molar-refractivity contribution is -0.0563. The molecule has 0 saturated heterocycles. The van der Waals surface area contributed by atoms with Crippen molar-refractivity contribution in [1.29, 1.82) is 0 Å². The first-order chi connectivity index (χ1) is 14.0. The Labute approximate surface area is 181 Å². The van der Waals surface area contributed by atoms with E-state index in [1.807, 2.05) is 0 Å². The summed E-state index contributed by atoms with van der Waals surface area (Å²) in [7, 11) is -2.09. The molecular weight excluding hydrogens is 386 g/mol. The van der Waals surface area contributed by atoms with Crippen molar-refractivity contribution in [3.05, 3.63) is 71.4 Å². The molecule has 30 heavy (non-hydrogen) atoms. The maximum atomic E-state index is 12.1. The summed E-state index contributed by atoms with van der Waals surface area (Å²) >= 11 is 0. The second-order valence-electron chi connectivity index (χ2n) is 10.5. The molecule has 0 bridgehead atoms. The summed E-state index contributed by atoms with van der Waals surface area (Å²) in [5, 5.41) is 13.4. The molecule has 0 amide bonds. The van der Waals surface area contributed by atoms with Crippen molar-refractivity contribution >= 4 is 19.2 Å². The molecule has 1 unspecified atom stereocenters. The number of para-hydroxylation sites is 1. The van der Waals surface area contributed by atoms with Crippen LogP contribution < -0.4 is 0 Å². The van der Waals surface area contributed by atoms with Gasteiger partial charge in [-0.25, -0.2) is 0 Å². The third-order valence-electron chi connectivity index (χ3n) is 7.47. The fraction of sp³-hybridized carbons (Fsp3) is 0.462. The van der Waals surface area contributed by atoms with E-state index in [0.29, 0.717) is 6.42 Å². The van der Waals surface area contributed by atoms with E-state index in [0.717, 1.165) is 17.5 Å². The third kappa shape index (κ3) is 3.55. The Balaban J connectivity index is 1.81. The number of fused-ring (bicyclic) bond motifs is 1. The van der Waals surface area contributed by atoms with Gasteiger partial charge < -0.3 is 14.5 Å². The molecule has 3 nitrogen and oxygen atoms in total. The fourth-order valence-electron chi connectivity index (χ4n) is 4.55. The summed E-state index contributed by atoms with van der Waals surface area (Å²) in [5.74, 6) is 0.154. The summed E-state index contributed by atoms with van der Waals surface area (Å²) in [6.07, 6.45) is 3.48. The van der Waals surface area contributed by atoms with Gasteiger partial charge in [-0.05, 0) is 55.1 Å². The van der Waals surface area contributed by atoms with E-state index < -0.39 is 13.9 Å². The molecule has 0 radical (unpaired) electrons. The number of aliphatic hydroxyl groups is 1. The van der Waals surface area contributed by atoms with Crippen LogP contribution in [0.5, 0.6) is 0 Å². The Hall–Kier alpha value is -1.88. The molecule has 4 heteroatoms. The third-order valence-corrected chi connectivity index (χ3v) is 11.9. The molecule has 3 aromatic rings. The Bertz CT molecular complexity index is 1030. The number of benzene rings is 2. The van der Waals surface area contributed by atoms with Crippen molar-refractivity contribution in [2.75, 3.05) is 0 Å². The first kappa shape index (κ1) is 21.4. The van der Waals surface area contributed by atoms with Crippen LogP contribution in [0.2, 0.25) is 18.1 Å². The van der Waals surface area contributed by atoms with Crippen LogP contribution >= 0.6 is 0 Å². The van der Waals surface area contributed by atoms with Gasteiger partial charge in [0, 0.05) is 23.0 Å². The highest BCUT2D eigenvalue weighted by Gasteiger charge is 2.53. The number of aromatic amines is 1. The normalized spacial score (nSPS) is 25.2. The van der Waals surface area contributed by atoms with Crippen molar-refractivity contribution in [1.82, 2.24) is 4.98 Å². The quantitative estimate of drug-likeness (QED) is 0.464. The van der Waals surface area contributed by atoms with E-state index in [4.69, 9.17) is 4.43 Å². The Kier molecular flexibility index (Phi) is 5.24. The zero-order chi connectivity index (χ0) is 21.7. The van der Waals surface area contributed by atoms with Gasteiger partial charge in [-0.2, -0.15) is 0 Å². The zero-order valence-electron chi connectivity index (χ0n) is 19.1. The van der Waals surface area contributed by atoms with Gasteiger partial charge in [0.1, 0.15) is 5.60 Å². The van der Waals surface area contributed by atoms with Crippen molar-refractivity contribution in [2.45, 2.75) is 76.3 Å². The van der Waals surface area contributed by atoms with Crippen LogP contribution in [0.4, 0.5) is 0 Å². The zero-order valence-corrected chi connectivity index (χ0v) is 20.1. The minimum atomic E-state index is -2.09. The molecule has 1 aliphatic rings. The van der Waals surface area contributed by atoms with Crippen LogP contribution in [0.25, 0.3) is 10.9 Å². The molecule has 1 aromatic heterocycles. The summed E-state index contributed by atoms with van der Waals surface area (Å²) in [6.45, 7) is 13.4. The summed E-state index contributed by atoms with van der Waals surface area (Å²) < 4.78 is 7.02. The maximum Gasteiger partial charge on any atom is 0.192 e. The molecule has 0 spiro atoms. The Morgan fingerprint density at radius 2 is 1.73 bits per heavy atom. The number of aromatic nitrogens is 1. The van der Waals surface area contributed by atoms with Crippen LogP contribution in [-0.4, -0.2) is 24.5 Å². The number of hydrogen-bond donors (Lipinski definition) is 2. The van der Waals surface area contributed by atoms with Gasteiger partial charge in [0.25, 0.3) is 0 Å². The van der Waals surface area contributed by atoms with Crippen LogP contribution in [0.3, 0.4) is 0 Å². The van der Waals surface area contributed by atoms with Crippen molar-refractivity contribution < 1.29 is 9.53 Å². The van der Waals surface area contributed by atoms with Gasteiger partial charge in [-0.3, -0.25) is 0 Å². The standard InChI is InChI=1S/C26H35NO2Si/c1-18-11-13-19(14-12-18)26(28)16-15-21(24(26)29-30(5,6)25(2,3)4)22-17-27-23-10-8-7-9-20(22)23/h7-14,17,21,24,27-28H,15-16H2,1-6H3/t21-,24?,26-/m1/s1. The van der Waals surface area contributed by atoms with Gasteiger partial charge in [0.15, 0.2) is 8.32 Å². The monoisotopic (exact) mass is 421 g/mol. The number of nitrogens with one attached hydrogen (secondary N) is 1. The molecule has 1 saturated carbocycles. The predicted molar refractivity (Wildman–Crippen MR) is 127 cm³/mol. The SMILES string of the molecule is Cc1ccc([C@]2(O)CC[C@H](c3c[nH]c4ccccc34)C2O[Si](C)(C)C(C)(C)C)cc1. The molecule has 2 N–H and O–H groups in total. The van der Waals surface area contributed by atoms with E-state index in [9.17, 15) is 5.11 Å². The maximum absolute atomic E-state index is 12.1. The predicted octanol–water partition coefficient (Wildman–Crippen LogP) is 6.63. The molecule has 4 rings (SSSR count). The molecule has 0 aliphatic heterocycles. The largest absolute Gasteiger partial charge is 0.410 e. The highest BCUT2D eigenvalue weighted by Crippen LogP contribution is 2.52. The summed E-state index contributed by atoms with van der Waals surface area (Å²) in [6, 6.07) is 16.8. The van der Waals surface area contributed by atoms with Gasteiger partial charge in [-0.1, -0.05) is 68.8 Å². The minimum absolute atomic E-state index is 0.0779. The first-order valence-electron chi connectivity index (χ1n) is 11.1. The lowest BCUT2D eigenvalue weighted by Crippen LogP contribution is -2.50. The second kappa shape index (κ2) is 7.36. The topological polar surface area (TPSA) is 45.2 Å². The van der Waals surface area contributed by atoms with E-state index >= 15 is 0 Å². The van der Waals surface area contributed by atoms with Crippen molar-refractivity contribution in [2.24, 2.45) is 0 Å². The lowest BCUT2D eigenvalue weighted by atomic mass is 9.86. The number of H-pyrrole nitrogens is 1. The van der Waals surface area contributed by atoms with Gasteiger partial charge in [0.05, 0.1) is 6.10 Å². The molecular formula is C26H35NO2Si.